The molecule has 114 valence electrons. The maximum atomic E-state index is 8.99. The number of rotatable bonds is 11. The molecule has 1 heterocycles. The Balaban J connectivity index is 1.91. The first-order chi connectivity index (χ1) is 9.20. The van der Waals surface area contributed by atoms with Gasteiger partial charge in [0.2, 0.25) is 0 Å². The van der Waals surface area contributed by atoms with Crippen LogP contribution in [0, 0.1) is 0 Å². The SMILES string of the molecule is CCCCCCCCOCCC1(C)OCC(CO)O1. The summed E-state index contributed by atoms with van der Waals surface area (Å²) in [6, 6.07) is 0. The highest BCUT2D eigenvalue weighted by Crippen LogP contribution is 2.26. The van der Waals surface area contributed by atoms with Crippen LogP contribution in [0.1, 0.15) is 58.8 Å². The van der Waals surface area contributed by atoms with Gasteiger partial charge in [0.15, 0.2) is 5.79 Å². The summed E-state index contributed by atoms with van der Waals surface area (Å²) in [6.07, 6.45) is 8.25. The molecule has 0 spiro atoms. The monoisotopic (exact) mass is 274 g/mol. The maximum Gasteiger partial charge on any atom is 0.168 e. The predicted octanol–water partition coefficient (Wildman–Crippen LogP) is 2.88. The predicted molar refractivity (Wildman–Crippen MR) is 75.1 cm³/mol. The van der Waals surface area contributed by atoms with Gasteiger partial charge in [0.05, 0.1) is 19.8 Å². The summed E-state index contributed by atoms with van der Waals surface area (Å²) in [5.41, 5.74) is 0. The third-order valence-corrected chi connectivity index (χ3v) is 3.54. The summed E-state index contributed by atoms with van der Waals surface area (Å²) in [4.78, 5) is 0. The zero-order valence-corrected chi connectivity index (χ0v) is 12.5. The molecule has 0 aliphatic carbocycles. The lowest BCUT2D eigenvalue weighted by molar-refractivity contribution is -0.169. The molecule has 4 nitrogen and oxygen atoms in total. The Kier molecular flexibility index (Phi) is 8.62. The molecule has 19 heavy (non-hydrogen) atoms. The first kappa shape index (κ1) is 16.9. The Bertz CT molecular complexity index is 222. The second-order valence-electron chi connectivity index (χ2n) is 5.50. The van der Waals surface area contributed by atoms with E-state index in [1.807, 2.05) is 6.92 Å². The van der Waals surface area contributed by atoms with Crippen molar-refractivity contribution in [1.29, 1.82) is 0 Å². The van der Waals surface area contributed by atoms with Crippen LogP contribution in [0.5, 0.6) is 0 Å². The van der Waals surface area contributed by atoms with Crippen LogP contribution in [-0.4, -0.2) is 43.4 Å². The highest BCUT2D eigenvalue weighted by molar-refractivity contribution is 4.74. The molecule has 2 atom stereocenters. The van der Waals surface area contributed by atoms with Crippen LogP contribution in [0.4, 0.5) is 0 Å². The Hall–Kier alpha value is -0.160. The van der Waals surface area contributed by atoms with E-state index < -0.39 is 5.79 Å². The fraction of sp³-hybridized carbons (Fsp3) is 1.00. The quantitative estimate of drug-likeness (QED) is 0.589. The standard InChI is InChI=1S/C15H30O4/c1-3-4-5-6-7-8-10-17-11-9-15(2)18-13-14(12-16)19-15/h14,16H,3-13H2,1-2H3. The third-order valence-electron chi connectivity index (χ3n) is 3.54. The molecule has 0 aromatic heterocycles. The van der Waals surface area contributed by atoms with Crippen LogP contribution in [0.3, 0.4) is 0 Å². The molecule has 1 rings (SSSR count). The fourth-order valence-electron chi connectivity index (χ4n) is 2.25. The van der Waals surface area contributed by atoms with Gasteiger partial charge < -0.3 is 19.3 Å². The molecule has 0 bridgehead atoms. The highest BCUT2D eigenvalue weighted by atomic mass is 16.7. The van der Waals surface area contributed by atoms with Crippen molar-refractivity contribution in [2.45, 2.75) is 70.7 Å². The average Bonchev–Trinajstić information content (AvgIpc) is 2.79. The second-order valence-corrected chi connectivity index (χ2v) is 5.50. The molecule has 4 heteroatoms. The van der Waals surface area contributed by atoms with Crippen molar-refractivity contribution in [2.24, 2.45) is 0 Å². The molecule has 0 amide bonds. The van der Waals surface area contributed by atoms with Gasteiger partial charge in [-0.15, -0.1) is 0 Å². The highest BCUT2D eigenvalue weighted by Gasteiger charge is 2.36. The van der Waals surface area contributed by atoms with Gasteiger partial charge >= 0.3 is 0 Å². The Morgan fingerprint density at radius 3 is 2.58 bits per heavy atom. The largest absolute Gasteiger partial charge is 0.394 e. The molecule has 1 N–H and O–H groups in total. The van der Waals surface area contributed by atoms with Gasteiger partial charge in [-0.3, -0.25) is 0 Å². The van der Waals surface area contributed by atoms with Crippen molar-refractivity contribution in [1.82, 2.24) is 0 Å². The summed E-state index contributed by atoms with van der Waals surface area (Å²) in [6.45, 7) is 6.13. The average molecular weight is 274 g/mol. The van der Waals surface area contributed by atoms with E-state index in [4.69, 9.17) is 19.3 Å². The van der Waals surface area contributed by atoms with E-state index in [0.717, 1.165) is 19.4 Å². The van der Waals surface area contributed by atoms with Crippen LogP contribution >= 0.6 is 0 Å². The second kappa shape index (κ2) is 9.70. The molecule has 0 saturated carbocycles. The number of aliphatic hydroxyl groups is 1. The minimum Gasteiger partial charge on any atom is -0.394 e. The fourth-order valence-corrected chi connectivity index (χ4v) is 2.25. The first-order valence-electron chi connectivity index (χ1n) is 7.70. The molecule has 2 unspecified atom stereocenters. The van der Waals surface area contributed by atoms with Crippen molar-refractivity contribution in [3.05, 3.63) is 0 Å². The number of aliphatic hydroxyl groups excluding tert-OH is 1. The van der Waals surface area contributed by atoms with Crippen molar-refractivity contribution in [3.8, 4) is 0 Å². The van der Waals surface area contributed by atoms with E-state index in [2.05, 4.69) is 6.92 Å². The molecule has 1 saturated heterocycles. The molecular weight excluding hydrogens is 244 g/mol. The summed E-state index contributed by atoms with van der Waals surface area (Å²) in [5.74, 6) is -0.575. The van der Waals surface area contributed by atoms with Crippen molar-refractivity contribution < 1.29 is 19.3 Å². The molecule has 1 fully saturated rings. The van der Waals surface area contributed by atoms with Crippen LogP contribution in [-0.2, 0) is 14.2 Å². The molecule has 0 aromatic carbocycles. The summed E-state index contributed by atoms with van der Waals surface area (Å²) in [5, 5.41) is 8.99. The number of ether oxygens (including phenoxy) is 3. The Morgan fingerprint density at radius 2 is 1.89 bits per heavy atom. The normalized spacial score (nSPS) is 27.0. The number of hydrogen-bond acceptors (Lipinski definition) is 4. The molecule has 0 radical (unpaired) electrons. The Labute approximate surface area is 117 Å². The molecule has 1 aliphatic heterocycles. The molecule has 0 aromatic rings. The molecule has 1 aliphatic rings. The lowest BCUT2D eigenvalue weighted by atomic mass is 10.1. The zero-order chi connectivity index (χ0) is 14.0. The van der Waals surface area contributed by atoms with Gasteiger partial charge in [0, 0.05) is 13.0 Å². The van der Waals surface area contributed by atoms with E-state index in [-0.39, 0.29) is 12.7 Å². The number of hydrogen-bond donors (Lipinski definition) is 1. The first-order valence-corrected chi connectivity index (χ1v) is 7.70. The van der Waals surface area contributed by atoms with Crippen LogP contribution in [0.2, 0.25) is 0 Å². The summed E-state index contributed by atoms with van der Waals surface area (Å²) >= 11 is 0. The van der Waals surface area contributed by atoms with Crippen molar-refractivity contribution >= 4 is 0 Å². The minimum atomic E-state index is -0.575. The summed E-state index contributed by atoms with van der Waals surface area (Å²) in [7, 11) is 0. The number of unbranched alkanes of at least 4 members (excludes halogenated alkanes) is 5. The van der Waals surface area contributed by atoms with E-state index in [0.29, 0.717) is 13.2 Å². The minimum absolute atomic E-state index is 0.0220. The molecular formula is C15H30O4. The summed E-state index contributed by atoms with van der Waals surface area (Å²) < 4.78 is 16.8. The lowest BCUT2D eigenvalue weighted by Crippen LogP contribution is -2.29. The van der Waals surface area contributed by atoms with Crippen molar-refractivity contribution in [3.63, 3.8) is 0 Å². The van der Waals surface area contributed by atoms with Gasteiger partial charge in [0.25, 0.3) is 0 Å². The van der Waals surface area contributed by atoms with Crippen LogP contribution in [0.25, 0.3) is 0 Å². The van der Waals surface area contributed by atoms with Crippen LogP contribution in [0.15, 0.2) is 0 Å². The van der Waals surface area contributed by atoms with E-state index in [1.165, 1.54) is 32.1 Å². The van der Waals surface area contributed by atoms with Gasteiger partial charge in [-0.05, 0) is 13.3 Å². The smallest absolute Gasteiger partial charge is 0.168 e. The lowest BCUT2D eigenvalue weighted by Gasteiger charge is -2.22. The third kappa shape index (κ3) is 7.25. The van der Waals surface area contributed by atoms with Crippen LogP contribution < -0.4 is 0 Å². The van der Waals surface area contributed by atoms with Gasteiger partial charge in [0.1, 0.15) is 6.10 Å². The zero-order valence-electron chi connectivity index (χ0n) is 12.5. The van der Waals surface area contributed by atoms with E-state index >= 15 is 0 Å². The Morgan fingerprint density at radius 1 is 1.16 bits per heavy atom. The van der Waals surface area contributed by atoms with E-state index in [1.54, 1.807) is 0 Å². The van der Waals surface area contributed by atoms with Gasteiger partial charge in [-0.2, -0.15) is 0 Å². The van der Waals surface area contributed by atoms with Gasteiger partial charge in [-0.25, -0.2) is 0 Å². The van der Waals surface area contributed by atoms with E-state index in [9.17, 15) is 0 Å². The van der Waals surface area contributed by atoms with Crippen molar-refractivity contribution in [2.75, 3.05) is 26.4 Å². The topological polar surface area (TPSA) is 47.9 Å². The maximum absolute atomic E-state index is 8.99. The van der Waals surface area contributed by atoms with Gasteiger partial charge in [-0.1, -0.05) is 39.0 Å².